The maximum Gasteiger partial charge on any atom is 0.444 e. The Morgan fingerprint density at radius 1 is 1.75 bits per heavy atom. The highest BCUT2D eigenvalue weighted by molar-refractivity contribution is 5.66. The van der Waals surface area contributed by atoms with E-state index in [1.54, 1.807) is 0 Å². The van der Waals surface area contributed by atoms with Crippen molar-refractivity contribution in [3.05, 3.63) is 17.0 Å². The molecule has 0 aliphatic heterocycles. The van der Waals surface area contributed by atoms with Crippen LogP contribution in [0.2, 0.25) is 0 Å². The van der Waals surface area contributed by atoms with Crippen LogP contribution in [-0.4, -0.2) is 10.8 Å². The molecule has 0 aromatic carbocycles. The Kier molecular flexibility index (Phi) is 2.76. The second-order valence-electron chi connectivity index (χ2n) is 1.25. The SMILES string of the molecule is [CH2]CCC(=O)[N+](=O)[O-]. The molecule has 0 aliphatic rings. The Hall–Kier alpha value is -0.930. The van der Waals surface area contributed by atoms with Gasteiger partial charge in [0.2, 0.25) is 0 Å². The number of carbonyl (C=O) groups excluding carboxylic acids is 1. The van der Waals surface area contributed by atoms with E-state index in [1.165, 1.54) is 0 Å². The maximum absolute atomic E-state index is 10.0. The molecule has 0 rings (SSSR count). The summed E-state index contributed by atoms with van der Waals surface area (Å²) in [5.74, 6) is -0.958. The third-order valence-corrected chi connectivity index (χ3v) is 0.594. The van der Waals surface area contributed by atoms with Gasteiger partial charge in [0, 0.05) is 0 Å². The molecule has 45 valence electrons. The molecule has 0 unspecified atom stereocenters. The van der Waals surface area contributed by atoms with Crippen LogP contribution in [0.4, 0.5) is 0 Å². The predicted molar refractivity (Wildman–Crippen MR) is 26.6 cm³/mol. The van der Waals surface area contributed by atoms with E-state index in [9.17, 15) is 14.9 Å². The summed E-state index contributed by atoms with van der Waals surface area (Å²) in [5, 5.41) is 9.52. The van der Waals surface area contributed by atoms with Crippen LogP contribution < -0.4 is 0 Å². The topological polar surface area (TPSA) is 60.2 Å². The van der Waals surface area contributed by atoms with Crippen LogP contribution in [0.25, 0.3) is 0 Å². The van der Waals surface area contributed by atoms with Crippen molar-refractivity contribution in [3.63, 3.8) is 0 Å². The van der Waals surface area contributed by atoms with Crippen LogP contribution in [-0.2, 0) is 4.79 Å². The van der Waals surface area contributed by atoms with Gasteiger partial charge in [0.25, 0.3) is 0 Å². The third kappa shape index (κ3) is 2.28. The lowest BCUT2D eigenvalue weighted by atomic mass is 10.3. The van der Waals surface area contributed by atoms with Gasteiger partial charge in [0.15, 0.2) is 0 Å². The fourth-order valence-corrected chi connectivity index (χ4v) is 0.243. The zero-order valence-corrected chi connectivity index (χ0v) is 4.29. The van der Waals surface area contributed by atoms with Crippen molar-refractivity contribution in [2.24, 2.45) is 0 Å². The number of hydrogen-bond acceptors (Lipinski definition) is 3. The predicted octanol–water partition coefficient (Wildman–Crippen LogP) is 0.404. The standard InChI is InChI=1S/C4H6NO3/c1-2-3-4(6)5(7)8/h1-3H2. The number of nitro groups is 1. The molecular formula is C4H6NO3. The molecule has 0 fully saturated rings. The molecule has 0 spiro atoms. The van der Waals surface area contributed by atoms with Gasteiger partial charge in [0.1, 0.15) is 4.92 Å². The molecule has 0 aliphatic carbocycles. The number of amides is 1. The molecule has 0 N–H and O–H groups in total. The summed E-state index contributed by atoms with van der Waals surface area (Å²) in [4.78, 5) is 18.6. The molecule has 4 nitrogen and oxygen atoms in total. The fourth-order valence-electron chi connectivity index (χ4n) is 0.243. The quantitative estimate of drug-likeness (QED) is 0.387. The fraction of sp³-hybridized carbons (Fsp3) is 0.500. The second kappa shape index (κ2) is 3.12. The van der Waals surface area contributed by atoms with Crippen molar-refractivity contribution >= 4 is 5.91 Å². The lowest BCUT2D eigenvalue weighted by Gasteiger charge is -1.82. The van der Waals surface area contributed by atoms with Gasteiger partial charge in [-0.05, 0) is 6.42 Å². The molecule has 0 saturated heterocycles. The second-order valence-corrected chi connectivity index (χ2v) is 1.25. The van der Waals surface area contributed by atoms with Crippen LogP contribution in [0.1, 0.15) is 12.8 Å². The van der Waals surface area contributed by atoms with Crippen molar-refractivity contribution in [3.8, 4) is 0 Å². The molecule has 1 amide bonds. The van der Waals surface area contributed by atoms with Gasteiger partial charge in [-0.2, -0.15) is 0 Å². The number of carbonyl (C=O) groups is 1. The van der Waals surface area contributed by atoms with E-state index in [1.807, 2.05) is 0 Å². The zero-order valence-electron chi connectivity index (χ0n) is 4.29. The van der Waals surface area contributed by atoms with Crippen LogP contribution >= 0.6 is 0 Å². The first-order valence-electron chi connectivity index (χ1n) is 2.15. The molecule has 0 heterocycles. The molecule has 4 heteroatoms. The summed E-state index contributed by atoms with van der Waals surface area (Å²) < 4.78 is 0. The summed E-state index contributed by atoms with van der Waals surface area (Å²) in [6, 6.07) is 0. The molecule has 0 saturated carbocycles. The molecule has 0 aromatic heterocycles. The smallest absolute Gasteiger partial charge is 0.256 e. The lowest BCUT2D eigenvalue weighted by molar-refractivity contribution is -0.402. The number of nitrogens with zero attached hydrogens (tertiary/aromatic N) is 1. The Balaban J connectivity index is 3.49. The first-order chi connectivity index (χ1) is 3.68. The van der Waals surface area contributed by atoms with E-state index >= 15 is 0 Å². The number of hydrogen-bond donors (Lipinski definition) is 0. The Morgan fingerprint density at radius 3 is 2.38 bits per heavy atom. The van der Waals surface area contributed by atoms with E-state index in [4.69, 9.17) is 0 Å². The molecule has 0 atom stereocenters. The molecular weight excluding hydrogens is 110 g/mol. The largest absolute Gasteiger partial charge is 0.444 e. The number of rotatable bonds is 2. The Labute approximate surface area is 46.6 Å². The van der Waals surface area contributed by atoms with Crippen molar-refractivity contribution in [1.29, 1.82) is 0 Å². The van der Waals surface area contributed by atoms with Crippen molar-refractivity contribution in [1.82, 2.24) is 0 Å². The minimum Gasteiger partial charge on any atom is -0.256 e. The Bertz CT molecular complexity index is 110. The van der Waals surface area contributed by atoms with Crippen molar-refractivity contribution < 1.29 is 9.72 Å². The van der Waals surface area contributed by atoms with Crippen LogP contribution in [0.5, 0.6) is 0 Å². The van der Waals surface area contributed by atoms with E-state index in [2.05, 4.69) is 6.92 Å². The summed E-state index contributed by atoms with van der Waals surface area (Å²) in [6.07, 6.45) is 0.229. The highest BCUT2D eigenvalue weighted by Crippen LogP contribution is 1.87. The Morgan fingerprint density at radius 2 is 2.25 bits per heavy atom. The lowest BCUT2D eigenvalue weighted by Crippen LogP contribution is -2.09. The average Bonchev–Trinajstić information content (AvgIpc) is 1.67. The van der Waals surface area contributed by atoms with Crippen molar-refractivity contribution in [2.45, 2.75) is 12.8 Å². The zero-order chi connectivity index (χ0) is 6.57. The summed E-state index contributed by atoms with van der Waals surface area (Å²) in [5.41, 5.74) is 0. The maximum atomic E-state index is 10.0. The first-order valence-corrected chi connectivity index (χ1v) is 2.15. The van der Waals surface area contributed by atoms with Crippen LogP contribution in [0, 0.1) is 17.0 Å². The normalized spacial score (nSPS) is 8.62. The van der Waals surface area contributed by atoms with Gasteiger partial charge in [-0.1, -0.05) is 6.92 Å². The van der Waals surface area contributed by atoms with E-state index < -0.39 is 10.8 Å². The van der Waals surface area contributed by atoms with E-state index in [0.717, 1.165) is 0 Å². The van der Waals surface area contributed by atoms with E-state index in [0.29, 0.717) is 6.42 Å². The monoisotopic (exact) mass is 116 g/mol. The van der Waals surface area contributed by atoms with Gasteiger partial charge < -0.3 is 0 Å². The third-order valence-electron chi connectivity index (χ3n) is 0.594. The molecule has 8 heavy (non-hydrogen) atoms. The minimum absolute atomic E-state index is 0.0625. The molecule has 1 radical (unpaired) electrons. The highest BCUT2D eigenvalue weighted by Gasteiger charge is 2.10. The summed E-state index contributed by atoms with van der Waals surface area (Å²) >= 11 is 0. The van der Waals surface area contributed by atoms with Crippen LogP contribution in [0.15, 0.2) is 0 Å². The summed E-state index contributed by atoms with van der Waals surface area (Å²) in [6.45, 7) is 3.28. The first kappa shape index (κ1) is 7.07. The van der Waals surface area contributed by atoms with Gasteiger partial charge in [-0.25, -0.2) is 4.79 Å². The van der Waals surface area contributed by atoms with Gasteiger partial charge in [0.05, 0.1) is 6.42 Å². The van der Waals surface area contributed by atoms with Crippen molar-refractivity contribution in [2.75, 3.05) is 0 Å². The van der Waals surface area contributed by atoms with Crippen LogP contribution in [0.3, 0.4) is 0 Å². The van der Waals surface area contributed by atoms with E-state index in [-0.39, 0.29) is 6.42 Å². The molecule has 0 aromatic rings. The van der Waals surface area contributed by atoms with Gasteiger partial charge >= 0.3 is 5.91 Å². The van der Waals surface area contributed by atoms with Gasteiger partial charge in [-0.15, -0.1) is 0 Å². The minimum atomic E-state index is -0.958. The highest BCUT2D eigenvalue weighted by atomic mass is 16.6. The summed E-state index contributed by atoms with van der Waals surface area (Å²) in [7, 11) is 0. The average molecular weight is 116 g/mol. The van der Waals surface area contributed by atoms with Gasteiger partial charge in [-0.3, -0.25) is 10.1 Å². The molecule has 0 bridgehead atoms.